The van der Waals surface area contributed by atoms with Crippen molar-refractivity contribution < 1.29 is 27.5 Å². The zero-order valence-electron chi connectivity index (χ0n) is 16.8. The van der Waals surface area contributed by atoms with Gasteiger partial charge in [-0.1, -0.05) is 26.3 Å². The summed E-state index contributed by atoms with van der Waals surface area (Å²) in [5.41, 5.74) is 5.46. The lowest BCUT2D eigenvalue weighted by atomic mass is 10.1. The van der Waals surface area contributed by atoms with E-state index < -0.39 is 40.0 Å². The van der Waals surface area contributed by atoms with Crippen LogP contribution in [0.1, 0.15) is 49.0 Å². The molecule has 10 heteroatoms. The molecule has 1 aromatic carbocycles. The predicted molar refractivity (Wildman–Crippen MR) is 106 cm³/mol. The van der Waals surface area contributed by atoms with Crippen LogP contribution in [-0.4, -0.2) is 49.8 Å². The second-order valence-corrected chi connectivity index (χ2v) is 9.27. The van der Waals surface area contributed by atoms with Gasteiger partial charge in [-0.05, 0) is 43.4 Å². The lowest BCUT2D eigenvalue weighted by Crippen LogP contribution is -2.45. The molecule has 3 N–H and O–H groups in total. The Morgan fingerprint density at radius 1 is 1.14 bits per heavy atom. The van der Waals surface area contributed by atoms with E-state index >= 15 is 0 Å². The van der Waals surface area contributed by atoms with Crippen molar-refractivity contribution in [1.29, 1.82) is 0 Å². The zero-order valence-corrected chi connectivity index (χ0v) is 17.6. The van der Waals surface area contributed by atoms with Crippen molar-refractivity contribution in [3.63, 3.8) is 0 Å². The van der Waals surface area contributed by atoms with Crippen molar-refractivity contribution >= 4 is 27.9 Å². The Bertz CT molecular complexity index is 891. The third kappa shape index (κ3) is 5.54. The number of nitrogens with two attached hydrogens (primary N) is 1. The molecule has 1 atom stereocenters. The van der Waals surface area contributed by atoms with Crippen LogP contribution in [0.2, 0.25) is 0 Å². The number of urea groups is 1. The molecule has 0 unspecified atom stereocenters. The van der Waals surface area contributed by atoms with E-state index in [9.17, 15) is 22.8 Å². The summed E-state index contributed by atoms with van der Waals surface area (Å²) in [5.74, 6) is -2.13. The fourth-order valence-corrected chi connectivity index (χ4v) is 4.89. The second kappa shape index (κ2) is 9.36. The standard InChI is InChI=1S/C19H27N3O6S/c1-12(2)16(17(23)21-19(20)25)28-18(24)14-8-7-13(3)15(11-14)29(26,27)22-9-5-4-6-10-22/h7-8,11-12,16H,4-6,9-10H2,1-3H3,(H3,20,21,23,25)/t16-/m0/s1. The van der Waals surface area contributed by atoms with Crippen LogP contribution < -0.4 is 11.1 Å². The van der Waals surface area contributed by atoms with Gasteiger partial charge in [-0.3, -0.25) is 10.1 Å². The number of carbonyl (C=O) groups is 3. The van der Waals surface area contributed by atoms with Crippen LogP contribution >= 0.6 is 0 Å². The predicted octanol–water partition coefficient (Wildman–Crippen LogP) is 1.55. The summed E-state index contributed by atoms with van der Waals surface area (Å²) in [5, 5.41) is 1.89. The highest BCUT2D eigenvalue weighted by atomic mass is 32.2. The number of amides is 3. The quantitative estimate of drug-likeness (QED) is 0.664. The Morgan fingerprint density at radius 2 is 1.76 bits per heavy atom. The minimum atomic E-state index is -3.74. The van der Waals surface area contributed by atoms with Crippen LogP contribution in [0.25, 0.3) is 0 Å². The van der Waals surface area contributed by atoms with E-state index in [1.54, 1.807) is 20.8 Å². The topological polar surface area (TPSA) is 136 Å². The SMILES string of the molecule is Cc1ccc(C(=O)O[C@H](C(=O)NC(N)=O)C(C)C)cc1S(=O)(=O)N1CCCCC1. The normalized spacial score (nSPS) is 16.3. The molecule has 0 radical (unpaired) electrons. The third-order valence-electron chi connectivity index (χ3n) is 4.70. The van der Waals surface area contributed by atoms with Gasteiger partial charge in [0.1, 0.15) is 0 Å². The summed E-state index contributed by atoms with van der Waals surface area (Å²) in [6, 6.07) is 3.18. The number of aryl methyl sites for hydroxylation is 1. The molecule has 2 rings (SSSR count). The number of imide groups is 1. The molecule has 3 amide bonds. The molecular weight excluding hydrogens is 398 g/mol. The average Bonchev–Trinajstić information content (AvgIpc) is 2.65. The Hall–Kier alpha value is -2.46. The Labute approximate surface area is 170 Å². The number of carbonyl (C=O) groups excluding carboxylic acids is 3. The molecule has 0 aliphatic carbocycles. The van der Waals surface area contributed by atoms with E-state index in [-0.39, 0.29) is 10.5 Å². The maximum absolute atomic E-state index is 13.0. The molecule has 160 valence electrons. The van der Waals surface area contributed by atoms with Crippen molar-refractivity contribution in [1.82, 2.24) is 9.62 Å². The monoisotopic (exact) mass is 425 g/mol. The van der Waals surface area contributed by atoms with Gasteiger partial charge in [0.25, 0.3) is 5.91 Å². The van der Waals surface area contributed by atoms with Gasteiger partial charge in [-0.2, -0.15) is 4.31 Å². The van der Waals surface area contributed by atoms with Gasteiger partial charge in [0, 0.05) is 13.1 Å². The zero-order chi connectivity index (χ0) is 21.8. The number of esters is 1. The van der Waals surface area contributed by atoms with E-state index in [1.807, 2.05) is 5.32 Å². The molecule has 1 aliphatic heterocycles. The van der Waals surface area contributed by atoms with Crippen LogP contribution in [0, 0.1) is 12.8 Å². The fourth-order valence-electron chi connectivity index (χ4n) is 3.12. The van der Waals surface area contributed by atoms with E-state index in [0.717, 1.165) is 19.3 Å². The van der Waals surface area contributed by atoms with Crippen LogP contribution in [0.3, 0.4) is 0 Å². The molecule has 29 heavy (non-hydrogen) atoms. The lowest BCUT2D eigenvalue weighted by Gasteiger charge is -2.26. The fraction of sp³-hybridized carbons (Fsp3) is 0.526. The van der Waals surface area contributed by atoms with Crippen molar-refractivity contribution in [3.8, 4) is 0 Å². The Balaban J connectivity index is 2.28. The minimum Gasteiger partial charge on any atom is -0.448 e. The number of benzene rings is 1. The van der Waals surface area contributed by atoms with Gasteiger partial charge in [-0.15, -0.1) is 0 Å². The van der Waals surface area contributed by atoms with Crippen LogP contribution in [-0.2, 0) is 19.6 Å². The number of nitrogens with one attached hydrogen (secondary N) is 1. The Kier molecular flexibility index (Phi) is 7.37. The van der Waals surface area contributed by atoms with Crippen molar-refractivity contribution in [3.05, 3.63) is 29.3 Å². The largest absolute Gasteiger partial charge is 0.448 e. The molecular formula is C19H27N3O6S. The molecule has 0 aromatic heterocycles. The van der Waals surface area contributed by atoms with E-state index in [0.29, 0.717) is 18.7 Å². The smallest absolute Gasteiger partial charge is 0.338 e. The highest BCUT2D eigenvalue weighted by Gasteiger charge is 2.30. The molecule has 1 saturated heterocycles. The third-order valence-corrected chi connectivity index (χ3v) is 6.74. The number of ether oxygens (including phenoxy) is 1. The Morgan fingerprint density at radius 3 is 2.31 bits per heavy atom. The number of rotatable bonds is 6. The number of piperidine rings is 1. The second-order valence-electron chi connectivity index (χ2n) is 7.37. The molecule has 0 bridgehead atoms. The number of primary amides is 1. The lowest BCUT2D eigenvalue weighted by molar-refractivity contribution is -0.130. The summed E-state index contributed by atoms with van der Waals surface area (Å²) in [7, 11) is -3.74. The van der Waals surface area contributed by atoms with Gasteiger partial charge >= 0.3 is 12.0 Å². The first-order chi connectivity index (χ1) is 13.5. The number of hydrogen-bond acceptors (Lipinski definition) is 6. The van der Waals surface area contributed by atoms with Crippen LogP contribution in [0.15, 0.2) is 23.1 Å². The van der Waals surface area contributed by atoms with Gasteiger partial charge < -0.3 is 10.5 Å². The van der Waals surface area contributed by atoms with Crippen molar-refractivity contribution in [2.45, 2.75) is 51.0 Å². The van der Waals surface area contributed by atoms with Crippen LogP contribution in [0.5, 0.6) is 0 Å². The van der Waals surface area contributed by atoms with E-state index in [1.165, 1.54) is 22.5 Å². The number of sulfonamides is 1. The summed E-state index contributed by atoms with van der Waals surface area (Å²) in [4.78, 5) is 35.6. The average molecular weight is 426 g/mol. The van der Waals surface area contributed by atoms with Crippen molar-refractivity contribution in [2.75, 3.05) is 13.1 Å². The van der Waals surface area contributed by atoms with Gasteiger partial charge in [0.15, 0.2) is 6.10 Å². The highest BCUT2D eigenvalue weighted by molar-refractivity contribution is 7.89. The van der Waals surface area contributed by atoms with Crippen molar-refractivity contribution in [2.24, 2.45) is 11.7 Å². The first-order valence-corrected chi connectivity index (χ1v) is 10.9. The van der Waals surface area contributed by atoms with Crippen LogP contribution in [0.4, 0.5) is 4.79 Å². The summed E-state index contributed by atoms with van der Waals surface area (Å²) in [6.45, 7) is 5.82. The summed E-state index contributed by atoms with van der Waals surface area (Å²) >= 11 is 0. The molecule has 0 spiro atoms. The maximum Gasteiger partial charge on any atom is 0.338 e. The first-order valence-electron chi connectivity index (χ1n) is 9.46. The van der Waals surface area contributed by atoms with Gasteiger partial charge in [0.05, 0.1) is 10.5 Å². The number of hydrogen-bond donors (Lipinski definition) is 2. The molecule has 0 saturated carbocycles. The van der Waals surface area contributed by atoms with Gasteiger partial charge in [0.2, 0.25) is 10.0 Å². The minimum absolute atomic E-state index is 0.00343. The molecule has 9 nitrogen and oxygen atoms in total. The molecule has 1 heterocycles. The van der Waals surface area contributed by atoms with E-state index in [4.69, 9.17) is 10.5 Å². The molecule has 1 aliphatic rings. The molecule has 1 fully saturated rings. The first kappa shape index (κ1) is 22.8. The summed E-state index contributed by atoms with van der Waals surface area (Å²) < 4.78 is 32.7. The highest BCUT2D eigenvalue weighted by Crippen LogP contribution is 2.25. The summed E-state index contributed by atoms with van der Waals surface area (Å²) in [6.07, 6.45) is 1.33. The maximum atomic E-state index is 13.0. The van der Waals surface area contributed by atoms with E-state index in [2.05, 4.69) is 0 Å². The molecule has 1 aromatic rings. The van der Waals surface area contributed by atoms with Gasteiger partial charge in [-0.25, -0.2) is 18.0 Å². The number of nitrogens with zero attached hydrogens (tertiary/aromatic N) is 1.